The Morgan fingerprint density at radius 1 is 0.306 bits per heavy atom. The summed E-state index contributed by atoms with van der Waals surface area (Å²) in [5.41, 5.74) is 9.23. The van der Waals surface area contributed by atoms with Crippen molar-refractivity contribution in [1.82, 2.24) is 0 Å². The molecule has 6 rings (SSSR count). The zero-order chi connectivity index (χ0) is 24.5. The van der Waals surface area contributed by atoms with E-state index in [0.29, 0.717) is 10.0 Å². The molecule has 6 aromatic carbocycles. The van der Waals surface area contributed by atoms with Crippen LogP contribution in [0.4, 0.5) is 0 Å². The van der Waals surface area contributed by atoms with E-state index in [1.54, 1.807) is 0 Å². The van der Waals surface area contributed by atoms with Gasteiger partial charge >= 0.3 is 0 Å². The van der Waals surface area contributed by atoms with Crippen LogP contribution in [-0.2, 0) is 0 Å². The molecule has 36 heavy (non-hydrogen) atoms. The Bertz CT molecular complexity index is 1530. The fraction of sp³-hybridized carbons (Fsp3) is 0. The maximum absolute atomic E-state index is 6.67. The number of rotatable bonds is 4. The van der Waals surface area contributed by atoms with Gasteiger partial charge in [-0.15, -0.1) is 0 Å². The quantitative estimate of drug-likeness (QED) is 0.225. The Hall–Kier alpha value is -3.84. The van der Waals surface area contributed by atoms with Crippen molar-refractivity contribution >= 4 is 34.0 Å². The first-order valence-corrected chi connectivity index (χ1v) is 12.7. The highest BCUT2D eigenvalue weighted by molar-refractivity contribution is 6.43. The van der Waals surface area contributed by atoms with E-state index in [4.69, 9.17) is 23.2 Å². The number of benzene rings is 6. The minimum absolute atomic E-state index is 0.548. The highest BCUT2D eigenvalue weighted by atomic mass is 35.5. The van der Waals surface area contributed by atoms with Gasteiger partial charge in [-0.1, -0.05) is 145 Å². The van der Waals surface area contributed by atoms with Gasteiger partial charge < -0.3 is 0 Å². The highest BCUT2D eigenvalue weighted by Gasteiger charge is 2.24. The average Bonchev–Trinajstić information content (AvgIpc) is 2.94. The minimum Gasteiger partial charge on any atom is -0.0827 e. The van der Waals surface area contributed by atoms with Gasteiger partial charge in [0.1, 0.15) is 0 Å². The summed E-state index contributed by atoms with van der Waals surface area (Å²) in [5.74, 6) is 0. The lowest BCUT2D eigenvalue weighted by Crippen LogP contribution is -1.97. The van der Waals surface area contributed by atoms with Crippen molar-refractivity contribution in [3.05, 3.63) is 144 Å². The molecule has 0 aliphatic carbocycles. The first kappa shape index (κ1) is 22.6. The van der Waals surface area contributed by atoms with Crippen molar-refractivity contribution in [2.24, 2.45) is 0 Å². The predicted molar refractivity (Wildman–Crippen MR) is 156 cm³/mol. The normalized spacial score (nSPS) is 11.1. The second-order valence-electron chi connectivity index (χ2n) is 8.78. The summed E-state index contributed by atoms with van der Waals surface area (Å²) in [5, 5.41) is 3.25. The lowest BCUT2D eigenvalue weighted by Gasteiger charge is -2.24. The van der Waals surface area contributed by atoms with Gasteiger partial charge in [-0.25, -0.2) is 0 Å². The van der Waals surface area contributed by atoms with Crippen LogP contribution in [0.2, 0.25) is 10.0 Å². The molecule has 0 saturated carbocycles. The molecular weight excluding hydrogens is 479 g/mol. The van der Waals surface area contributed by atoms with Gasteiger partial charge in [0.25, 0.3) is 0 Å². The van der Waals surface area contributed by atoms with Crippen LogP contribution in [0.25, 0.3) is 55.3 Å². The third-order valence-electron chi connectivity index (χ3n) is 6.60. The van der Waals surface area contributed by atoms with Crippen LogP contribution < -0.4 is 0 Å². The van der Waals surface area contributed by atoms with Crippen molar-refractivity contribution in [2.45, 2.75) is 0 Å². The smallest absolute Gasteiger partial charge is 0.0598 e. The maximum Gasteiger partial charge on any atom is 0.0598 e. The molecule has 0 bridgehead atoms. The number of hydrogen-bond acceptors (Lipinski definition) is 0. The SMILES string of the molecule is Clc1cc2c(-c3ccccc3)c(-c3ccccc3)c(-c3ccccc3)c(-c3ccccc3)c2cc1Cl. The van der Waals surface area contributed by atoms with E-state index in [1.165, 1.54) is 11.1 Å². The molecule has 0 spiro atoms. The van der Waals surface area contributed by atoms with Gasteiger partial charge in [-0.3, -0.25) is 0 Å². The molecule has 0 aliphatic rings. The lowest BCUT2D eigenvalue weighted by molar-refractivity contribution is 1.57. The van der Waals surface area contributed by atoms with Crippen LogP contribution in [0.5, 0.6) is 0 Å². The maximum atomic E-state index is 6.67. The van der Waals surface area contributed by atoms with Crippen LogP contribution in [0.3, 0.4) is 0 Å². The van der Waals surface area contributed by atoms with E-state index in [2.05, 4.69) is 109 Å². The standard InChI is InChI=1S/C34H22Cl2/c35-29-21-27-28(22-30(29)36)32(24-15-7-2-8-16-24)34(26-19-11-4-12-20-26)33(25-17-9-3-10-18-25)31(27)23-13-5-1-6-14-23/h1-22H. The highest BCUT2D eigenvalue weighted by Crippen LogP contribution is 2.51. The van der Waals surface area contributed by atoms with E-state index in [1.807, 2.05) is 24.3 Å². The van der Waals surface area contributed by atoms with Crippen molar-refractivity contribution < 1.29 is 0 Å². The molecule has 0 radical (unpaired) electrons. The summed E-state index contributed by atoms with van der Waals surface area (Å²) < 4.78 is 0. The first-order chi connectivity index (χ1) is 17.7. The van der Waals surface area contributed by atoms with E-state index < -0.39 is 0 Å². The molecule has 6 aromatic rings. The van der Waals surface area contributed by atoms with Crippen molar-refractivity contribution in [1.29, 1.82) is 0 Å². The molecule has 172 valence electrons. The topological polar surface area (TPSA) is 0 Å². The number of fused-ring (bicyclic) bond motifs is 1. The van der Waals surface area contributed by atoms with E-state index >= 15 is 0 Å². The van der Waals surface area contributed by atoms with Gasteiger partial charge in [-0.05, 0) is 67.4 Å². The van der Waals surface area contributed by atoms with Gasteiger partial charge in [0.15, 0.2) is 0 Å². The summed E-state index contributed by atoms with van der Waals surface area (Å²) in [6.45, 7) is 0. The predicted octanol–water partition coefficient (Wildman–Crippen LogP) is 10.8. The molecule has 0 saturated heterocycles. The number of halogens is 2. The van der Waals surface area contributed by atoms with E-state index in [9.17, 15) is 0 Å². The van der Waals surface area contributed by atoms with Gasteiger partial charge in [-0.2, -0.15) is 0 Å². The Kier molecular flexibility index (Phi) is 6.07. The molecule has 0 unspecified atom stereocenters. The second-order valence-corrected chi connectivity index (χ2v) is 9.59. The van der Waals surface area contributed by atoms with Crippen LogP contribution in [-0.4, -0.2) is 0 Å². The van der Waals surface area contributed by atoms with Gasteiger partial charge in [0.05, 0.1) is 10.0 Å². The average molecular weight is 501 g/mol. The largest absolute Gasteiger partial charge is 0.0827 e. The van der Waals surface area contributed by atoms with Crippen LogP contribution in [0, 0.1) is 0 Å². The fourth-order valence-corrected chi connectivity index (χ4v) is 5.40. The van der Waals surface area contributed by atoms with Gasteiger partial charge in [0.2, 0.25) is 0 Å². The zero-order valence-electron chi connectivity index (χ0n) is 19.5. The third kappa shape index (κ3) is 3.99. The van der Waals surface area contributed by atoms with Crippen molar-refractivity contribution in [3.63, 3.8) is 0 Å². The van der Waals surface area contributed by atoms with Crippen molar-refractivity contribution in [3.8, 4) is 44.5 Å². The Labute approximate surface area is 221 Å². The van der Waals surface area contributed by atoms with Crippen molar-refractivity contribution in [2.75, 3.05) is 0 Å². The molecule has 0 atom stereocenters. The third-order valence-corrected chi connectivity index (χ3v) is 7.32. The summed E-state index contributed by atoms with van der Waals surface area (Å²) in [6.07, 6.45) is 0. The van der Waals surface area contributed by atoms with E-state index in [0.717, 1.165) is 44.2 Å². The summed E-state index contributed by atoms with van der Waals surface area (Å²) in [7, 11) is 0. The minimum atomic E-state index is 0.548. The van der Waals surface area contributed by atoms with Crippen LogP contribution in [0.1, 0.15) is 0 Å². The zero-order valence-corrected chi connectivity index (χ0v) is 21.0. The van der Waals surface area contributed by atoms with E-state index in [-0.39, 0.29) is 0 Å². The summed E-state index contributed by atoms with van der Waals surface area (Å²) >= 11 is 13.3. The number of hydrogen-bond donors (Lipinski definition) is 0. The molecule has 0 aliphatic heterocycles. The summed E-state index contributed by atoms with van der Waals surface area (Å²) in [6, 6.07) is 46.4. The molecule has 0 aromatic heterocycles. The molecule has 0 amide bonds. The fourth-order valence-electron chi connectivity index (χ4n) is 5.08. The van der Waals surface area contributed by atoms with Gasteiger partial charge in [0, 0.05) is 0 Å². The lowest BCUT2D eigenvalue weighted by atomic mass is 9.79. The Morgan fingerprint density at radius 2 is 0.556 bits per heavy atom. The molecule has 0 heterocycles. The Morgan fingerprint density at radius 3 is 0.833 bits per heavy atom. The van der Waals surface area contributed by atoms with Crippen LogP contribution >= 0.6 is 23.2 Å². The molecule has 0 N–H and O–H groups in total. The van der Waals surface area contributed by atoms with Crippen LogP contribution in [0.15, 0.2) is 133 Å². The first-order valence-electron chi connectivity index (χ1n) is 11.9. The molecule has 0 nitrogen and oxygen atoms in total. The Balaban J connectivity index is 1.93. The summed E-state index contributed by atoms with van der Waals surface area (Å²) in [4.78, 5) is 0. The monoisotopic (exact) mass is 500 g/mol. The molecular formula is C34H22Cl2. The molecule has 0 fully saturated rings. The molecule has 2 heteroatoms. The second kappa shape index (κ2) is 9.66.